The molecule has 96 valence electrons. The Bertz CT molecular complexity index is 586. The van der Waals surface area contributed by atoms with Crippen LogP contribution in [0.25, 0.3) is 0 Å². The summed E-state index contributed by atoms with van der Waals surface area (Å²) in [4.78, 5) is 18.2. The molecule has 1 aromatic heterocycles. The molecule has 4 heteroatoms. The van der Waals surface area contributed by atoms with Gasteiger partial charge in [-0.2, -0.15) is 0 Å². The number of benzene rings is 1. The van der Waals surface area contributed by atoms with Crippen LogP contribution in [-0.2, 0) is 11.2 Å². The summed E-state index contributed by atoms with van der Waals surface area (Å²) in [6.45, 7) is 0.710. The van der Waals surface area contributed by atoms with Gasteiger partial charge in [0.15, 0.2) is 0 Å². The van der Waals surface area contributed by atoms with Crippen molar-refractivity contribution in [2.24, 2.45) is 0 Å². The highest BCUT2D eigenvalue weighted by Crippen LogP contribution is 2.32. The highest BCUT2D eigenvalue weighted by Gasteiger charge is 2.24. The van der Waals surface area contributed by atoms with Gasteiger partial charge in [0.1, 0.15) is 5.03 Å². The first-order chi connectivity index (χ1) is 9.34. The molecular weight excluding hydrogens is 256 g/mol. The summed E-state index contributed by atoms with van der Waals surface area (Å²) >= 11 is 1.52. The third kappa shape index (κ3) is 2.63. The fourth-order valence-electron chi connectivity index (χ4n) is 2.17. The second kappa shape index (κ2) is 5.45. The van der Waals surface area contributed by atoms with Gasteiger partial charge in [0.05, 0.1) is 11.4 Å². The molecule has 2 heterocycles. The molecule has 0 saturated carbocycles. The maximum absolute atomic E-state index is 12.1. The van der Waals surface area contributed by atoms with E-state index in [1.165, 1.54) is 17.3 Å². The molecule has 1 aliphatic heterocycles. The van der Waals surface area contributed by atoms with Gasteiger partial charge in [0.2, 0.25) is 5.91 Å². The maximum Gasteiger partial charge on any atom is 0.237 e. The van der Waals surface area contributed by atoms with E-state index in [2.05, 4.69) is 17.1 Å². The molecular formula is C15H14N2OS. The number of nitrogens with zero attached hydrogens (tertiary/aromatic N) is 2. The van der Waals surface area contributed by atoms with Gasteiger partial charge in [-0.25, -0.2) is 4.98 Å². The second-order valence-electron chi connectivity index (χ2n) is 4.40. The lowest BCUT2D eigenvalue weighted by atomic mass is 10.1. The van der Waals surface area contributed by atoms with Gasteiger partial charge in [-0.05, 0) is 24.1 Å². The van der Waals surface area contributed by atoms with E-state index < -0.39 is 0 Å². The first-order valence-corrected chi connectivity index (χ1v) is 7.25. The summed E-state index contributed by atoms with van der Waals surface area (Å²) in [6.07, 6.45) is 2.64. The molecule has 3 rings (SSSR count). The molecule has 0 fully saturated rings. The number of pyridine rings is 1. The van der Waals surface area contributed by atoms with Gasteiger partial charge < -0.3 is 4.90 Å². The molecule has 2 aromatic rings. The van der Waals surface area contributed by atoms with E-state index in [1.807, 2.05) is 35.2 Å². The number of aromatic nitrogens is 1. The fraction of sp³-hybridized carbons (Fsp3) is 0.200. The zero-order valence-electron chi connectivity index (χ0n) is 10.5. The molecule has 0 radical (unpaired) electrons. The lowest BCUT2D eigenvalue weighted by Gasteiger charge is -2.28. The first kappa shape index (κ1) is 12.2. The van der Waals surface area contributed by atoms with Crippen LogP contribution in [0.15, 0.2) is 53.7 Å². The van der Waals surface area contributed by atoms with Crippen LogP contribution in [0.2, 0.25) is 0 Å². The van der Waals surface area contributed by atoms with Crippen molar-refractivity contribution in [2.45, 2.75) is 11.4 Å². The van der Waals surface area contributed by atoms with Gasteiger partial charge in [-0.3, -0.25) is 4.79 Å². The minimum atomic E-state index is 0.168. The van der Waals surface area contributed by atoms with Crippen molar-refractivity contribution in [1.82, 2.24) is 4.98 Å². The van der Waals surface area contributed by atoms with Crippen molar-refractivity contribution in [1.29, 1.82) is 0 Å². The Balaban J connectivity index is 1.79. The minimum absolute atomic E-state index is 0.168. The SMILES string of the molecule is O=C1CSc2ncccc2N1CCc1ccccc1. The smallest absolute Gasteiger partial charge is 0.237 e. The van der Waals surface area contributed by atoms with Crippen LogP contribution >= 0.6 is 11.8 Å². The van der Waals surface area contributed by atoms with Crippen LogP contribution in [-0.4, -0.2) is 23.2 Å². The fourth-order valence-corrected chi connectivity index (χ4v) is 3.05. The van der Waals surface area contributed by atoms with E-state index in [4.69, 9.17) is 0 Å². The number of carbonyl (C=O) groups is 1. The Morgan fingerprint density at radius 2 is 2.00 bits per heavy atom. The van der Waals surface area contributed by atoms with Crippen LogP contribution in [0.3, 0.4) is 0 Å². The van der Waals surface area contributed by atoms with E-state index in [-0.39, 0.29) is 5.91 Å². The standard InChI is InChI=1S/C15H14N2OS/c18-14-11-19-15-13(7-4-9-16-15)17(14)10-8-12-5-2-1-3-6-12/h1-7,9H,8,10-11H2. The molecule has 0 atom stereocenters. The third-order valence-corrected chi connectivity index (χ3v) is 4.12. The molecule has 19 heavy (non-hydrogen) atoms. The summed E-state index contributed by atoms with van der Waals surface area (Å²) in [7, 11) is 0. The van der Waals surface area contributed by atoms with Gasteiger partial charge in [-0.15, -0.1) is 0 Å². The lowest BCUT2D eigenvalue weighted by Crippen LogP contribution is -2.37. The van der Waals surface area contributed by atoms with Crippen molar-refractivity contribution in [3.63, 3.8) is 0 Å². The molecule has 3 nitrogen and oxygen atoms in total. The number of hydrogen-bond donors (Lipinski definition) is 0. The molecule has 1 aliphatic rings. The average molecular weight is 270 g/mol. The van der Waals surface area contributed by atoms with E-state index >= 15 is 0 Å². The summed E-state index contributed by atoms with van der Waals surface area (Å²) in [5, 5.41) is 0.954. The molecule has 0 unspecified atom stereocenters. The van der Waals surface area contributed by atoms with Gasteiger partial charge in [0, 0.05) is 12.7 Å². The van der Waals surface area contributed by atoms with Crippen LogP contribution in [0.4, 0.5) is 5.69 Å². The Labute approximate surface area is 116 Å². The Morgan fingerprint density at radius 1 is 1.16 bits per heavy atom. The molecule has 0 N–H and O–H groups in total. The Morgan fingerprint density at radius 3 is 2.84 bits per heavy atom. The largest absolute Gasteiger partial charge is 0.309 e. The number of thioether (sulfide) groups is 1. The number of amides is 1. The van der Waals surface area contributed by atoms with Crippen LogP contribution in [0.1, 0.15) is 5.56 Å². The monoisotopic (exact) mass is 270 g/mol. The Hall–Kier alpha value is -1.81. The highest BCUT2D eigenvalue weighted by molar-refractivity contribution is 8.00. The van der Waals surface area contributed by atoms with Crippen molar-refractivity contribution < 1.29 is 4.79 Å². The topological polar surface area (TPSA) is 33.2 Å². The zero-order valence-corrected chi connectivity index (χ0v) is 11.3. The van der Waals surface area contributed by atoms with E-state index in [0.717, 1.165) is 17.1 Å². The summed E-state index contributed by atoms with van der Waals surface area (Å²) in [6, 6.07) is 14.1. The number of anilines is 1. The lowest BCUT2D eigenvalue weighted by molar-refractivity contribution is -0.116. The van der Waals surface area contributed by atoms with E-state index in [0.29, 0.717) is 12.3 Å². The zero-order chi connectivity index (χ0) is 13.1. The van der Waals surface area contributed by atoms with Crippen LogP contribution < -0.4 is 4.90 Å². The summed E-state index contributed by atoms with van der Waals surface area (Å²) in [5.74, 6) is 0.653. The maximum atomic E-state index is 12.1. The van der Waals surface area contributed by atoms with E-state index in [1.54, 1.807) is 6.20 Å². The Kier molecular flexibility index (Phi) is 3.51. The number of fused-ring (bicyclic) bond motifs is 1. The van der Waals surface area contributed by atoms with Crippen molar-refractivity contribution in [3.8, 4) is 0 Å². The van der Waals surface area contributed by atoms with Gasteiger partial charge in [-0.1, -0.05) is 42.1 Å². The number of hydrogen-bond acceptors (Lipinski definition) is 3. The number of carbonyl (C=O) groups excluding carboxylic acids is 1. The summed E-state index contributed by atoms with van der Waals surface area (Å²) in [5.41, 5.74) is 2.19. The molecule has 0 aliphatic carbocycles. The first-order valence-electron chi connectivity index (χ1n) is 6.27. The predicted octanol–water partition coefficient (Wildman–Crippen LogP) is 2.76. The van der Waals surface area contributed by atoms with Crippen molar-refractivity contribution in [2.75, 3.05) is 17.2 Å². The van der Waals surface area contributed by atoms with Crippen LogP contribution in [0.5, 0.6) is 0 Å². The quantitative estimate of drug-likeness (QED) is 0.860. The molecule has 1 aromatic carbocycles. The summed E-state index contributed by atoms with van der Waals surface area (Å²) < 4.78 is 0. The molecule has 0 spiro atoms. The number of rotatable bonds is 3. The molecule has 0 saturated heterocycles. The highest BCUT2D eigenvalue weighted by atomic mass is 32.2. The molecule has 0 bridgehead atoms. The van der Waals surface area contributed by atoms with Crippen molar-refractivity contribution in [3.05, 3.63) is 54.2 Å². The minimum Gasteiger partial charge on any atom is -0.309 e. The molecule has 1 amide bonds. The van der Waals surface area contributed by atoms with Crippen molar-refractivity contribution >= 4 is 23.4 Å². The normalized spacial score (nSPS) is 14.3. The second-order valence-corrected chi connectivity index (χ2v) is 5.36. The third-order valence-electron chi connectivity index (χ3n) is 3.14. The van der Waals surface area contributed by atoms with Gasteiger partial charge in [0.25, 0.3) is 0 Å². The average Bonchev–Trinajstić information content (AvgIpc) is 2.47. The van der Waals surface area contributed by atoms with E-state index in [9.17, 15) is 4.79 Å². The van der Waals surface area contributed by atoms with Gasteiger partial charge >= 0.3 is 0 Å². The van der Waals surface area contributed by atoms with Crippen LogP contribution in [0, 0.1) is 0 Å². The predicted molar refractivity (Wildman–Crippen MR) is 77.5 cm³/mol.